The Kier molecular flexibility index (Phi) is 4.91. The number of carbonyl (C=O) groups excluding carboxylic acids is 1. The maximum Gasteiger partial charge on any atom is 0.255 e. The molecule has 0 radical (unpaired) electrons. The smallest absolute Gasteiger partial charge is 0.255 e. The number of hydrogen-bond donors (Lipinski definition) is 1. The van der Waals surface area contributed by atoms with Crippen molar-refractivity contribution in [1.29, 1.82) is 0 Å². The van der Waals surface area contributed by atoms with Crippen molar-refractivity contribution in [1.82, 2.24) is 4.98 Å². The van der Waals surface area contributed by atoms with Crippen LogP contribution in [-0.2, 0) is 0 Å². The molecule has 4 nitrogen and oxygen atoms in total. The third kappa shape index (κ3) is 3.63. The van der Waals surface area contributed by atoms with Crippen LogP contribution in [0.2, 0.25) is 0 Å². The Morgan fingerprint density at radius 3 is 2.58 bits per heavy atom. The van der Waals surface area contributed by atoms with Crippen molar-refractivity contribution < 1.29 is 9.53 Å². The Hall–Kier alpha value is -2.66. The van der Waals surface area contributed by atoms with Gasteiger partial charge in [0.2, 0.25) is 0 Å². The van der Waals surface area contributed by atoms with Crippen LogP contribution in [0, 0.1) is 6.92 Å². The molecule has 0 saturated carbocycles. The van der Waals surface area contributed by atoms with Gasteiger partial charge in [-0.15, -0.1) is 11.3 Å². The first kappa shape index (κ1) is 16.2. The first-order valence-electron chi connectivity index (χ1n) is 7.73. The van der Waals surface area contributed by atoms with Crippen LogP contribution in [0.25, 0.3) is 11.3 Å². The first-order chi connectivity index (χ1) is 11.7. The van der Waals surface area contributed by atoms with Crippen LogP contribution >= 0.6 is 11.3 Å². The fourth-order valence-corrected chi connectivity index (χ4v) is 2.96. The van der Waals surface area contributed by atoms with Gasteiger partial charge >= 0.3 is 0 Å². The second kappa shape index (κ2) is 7.27. The topological polar surface area (TPSA) is 51.2 Å². The van der Waals surface area contributed by atoms with Crippen molar-refractivity contribution in [2.45, 2.75) is 13.8 Å². The zero-order chi connectivity index (χ0) is 16.9. The summed E-state index contributed by atoms with van der Waals surface area (Å²) < 4.78 is 5.53. The minimum absolute atomic E-state index is 0.164. The van der Waals surface area contributed by atoms with Gasteiger partial charge in [0.15, 0.2) is 0 Å². The molecule has 0 saturated heterocycles. The highest BCUT2D eigenvalue weighted by Gasteiger charge is 2.10. The van der Waals surface area contributed by atoms with Crippen molar-refractivity contribution in [3.63, 3.8) is 0 Å². The minimum atomic E-state index is -0.164. The van der Waals surface area contributed by atoms with E-state index in [2.05, 4.69) is 10.3 Å². The summed E-state index contributed by atoms with van der Waals surface area (Å²) in [4.78, 5) is 16.9. The van der Waals surface area contributed by atoms with E-state index in [9.17, 15) is 4.79 Å². The van der Waals surface area contributed by atoms with E-state index in [1.165, 1.54) is 0 Å². The molecular formula is C19H18N2O2S. The standard InChI is InChI=1S/C19H18N2O2S/c1-3-23-18-7-5-4-6-16(18)21-19(22)15-10-8-14(9-11-15)17-12-24-13(2)20-17/h4-12H,3H2,1-2H3,(H,21,22). The summed E-state index contributed by atoms with van der Waals surface area (Å²) in [6.07, 6.45) is 0. The van der Waals surface area contributed by atoms with E-state index in [4.69, 9.17) is 4.74 Å². The van der Waals surface area contributed by atoms with Crippen LogP contribution < -0.4 is 10.1 Å². The monoisotopic (exact) mass is 338 g/mol. The predicted molar refractivity (Wildman–Crippen MR) is 97.9 cm³/mol. The molecule has 0 unspecified atom stereocenters. The van der Waals surface area contributed by atoms with E-state index >= 15 is 0 Å². The number of anilines is 1. The van der Waals surface area contributed by atoms with E-state index in [-0.39, 0.29) is 5.91 Å². The second-order valence-electron chi connectivity index (χ2n) is 5.21. The Balaban J connectivity index is 1.76. The van der Waals surface area contributed by atoms with Gasteiger partial charge in [0, 0.05) is 16.5 Å². The maximum atomic E-state index is 12.4. The molecule has 0 aliphatic rings. The summed E-state index contributed by atoms with van der Waals surface area (Å²) in [6, 6.07) is 14.9. The van der Waals surface area contributed by atoms with E-state index in [1.807, 2.05) is 67.8 Å². The summed E-state index contributed by atoms with van der Waals surface area (Å²) in [5.74, 6) is 0.506. The molecule has 3 rings (SSSR count). The van der Waals surface area contributed by atoms with Gasteiger partial charge in [-0.25, -0.2) is 4.98 Å². The molecule has 1 amide bonds. The molecule has 2 aromatic carbocycles. The normalized spacial score (nSPS) is 10.4. The Morgan fingerprint density at radius 2 is 1.92 bits per heavy atom. The van der Waals surface area contributed by atoms with E-state index in [0.29, 0.717) is 23.6 Å². The van der Waals surface area contributed by atoms with Gasteiger partial charge in [-0.3, -0.25) is 4.79 Å². The molecular weight excluding hydrogens is 320 g/mol. The summed E-state index contributed by atoms with van der Waals surface area (Å²) in [5, 5.41) is 5.94. The number of ether oxygens (including phenoxy) is 1. The van der Waals surface area contributed by atoms with E-state index in [1.54, 1.807) is 11.3 Å². The molecule has 0 fully saturated rings. The van der Waals surface area contributed by atoms with Gasteiger partial charge in [0.1, 0.15) is 5.75 Å². The highest BCUT2D eigenvalue weighted by molar-refractivity contribution is 7.09. The van der Waals surface area contributed by atoms with Crippen molar-refractivity contribution in [3.8, 4) is 17.0 Å². The van der Waals surface area contributed by atoms with Gasteiger partial charge < -0.3 is 10.1 Å². The van der Waals surface area contributed by atoms with Gasteiger partial charge in [-0.1, -0.05) is 24.3 Å². The third-order valence-electron chi connectivity index (χ3n) is 3.50. The van der Waals surface area contributed by atoms with Crippen LogP contribution in [0.3, 0.4) is 0 Å². The number of nitrogens with one attached hydrogen (secondary N) is 1. The number of thiazole rings is 1. The van der Waals surface area contributed by atoms with Crippen LogP contribution in [0.5, 0.6) is 5.75 Å². The van der Waals surface area contributed by atoms with Crippen LogP contribution in [-0.4, -0.2) is 17.5 Å². The molecule has 0 aliphatic heterocycles. The molecule has 1 heterocycles. The summed E-state index contributed by atoms with van der Waals surface area (Å²) in [7, 11) is 0. The quantitative estimate of drug-likeness (QED) is 0.729. The SMILES string of the molecule is CCOc1ccccc1NC(=O)c1ccc(-c2csc(C)n2)cc1. The van der Waals surface area contributed by atoms with E-state index in [0.717, 1.165) is 16.3 Å². The Labute approximate surface area is 145 Å². The average molecular weight is 338 g/mol. The number of amides is 1. The molecule has 1 N–H and O–H groups in total. The molecule has 122 valence electrons. The predicted octanol–water partition coefficient (Wildman–Crippen LogP) is 4.77. The number of aryl methyl sites for hydroxylation is 1. The lowest BCUT2D eigenvalue weighted by Crippen LogP contribution is -2.12. The lowest BCUT2D eigenvalue weighted by atomic mass is 10.1. The number of benzene rings is 2. The summed E-state index contributed by atoms with van der Waals surface area (Å²) >= 11 is 1.61. The molecule has 0 aliphatic carbocycles. The van der Waals surface area contributed by atoms with Crippen LogP contribution in [0.15, 0.2) is 53.9 Å². The Bertz CT molecular complexity index is 841. The molecule has 0 bridgehead atoms. The van der Waals surface area contributed by atoms with Gasteiger partial charge in [-0.05, 0) is 38.1 Å². The zero-order valence-corrected chi connectivity index (χ0v) is 14.4. The number of para-hydroxylation sites is 2. The van der Waals surface area contributed by atoms with Crippen molar-refractivity contribution >= 4 is 22.9 Å². The lowest BCUT2D eigenvalue weighted by molar-refractivity contribution is 0.102. The number of carbonyl (C=O) groups is 1. The highest BCUT2D eigenvalue weighted by Crippen LogP contribution is 2.25. The lowest BCUT2D eigenvalue weighted by Gasteiger charge is -2.11. The van der Waals surface area contributed by atoms with Gasteiger partial charge in [0.25, 0.3) is 5.91 Å². The van der Waals surface area contributed by atoms with Crippen molar-refractivity contribution in [2.24, 2.45) is 0 Å². The fraction of sp³-hybridized carbons (Fsp3) is 0.158. The number of aromatic nitrogens is 1. The fourth-order valence-electron chi connectivity index (χ4n) is 2.33. The molecule has 0 atom stereocenters. The molecule has 5 heteroatoms. The number of nitrogens with zero attached hydrogens (tertiary/aromatic N) is 1. The van der Waals surface area contributed by atoms with Crippen molar-refractivity contribution in [3.05, 3.63) is 64.5 Å². The highest BCUT2D eigenvalue weighted by atomic mass is 32.1. The van der Waals surface area contributed by atoms with E-state index < -0.39 is 0 Å². The van der Waals surface area contributed by atoms with Crippen LogP contribution in [0.4, 0.5) is 5.69 Å². The van der Waals surface area contributed by atoms with Gasteiger partial charge in [0.05, 0.1) is 23.0 Å². The van der Waals surface area contributed by atoms with Gasteiger partial charge in [-0.2, -0.15) is 0 Å². The minimum Gasteiger partial charge on any atom is -0.492 e. The molecule has 24 heavy (non-hydrogen) atoms. The largest absolute Gasteiger partial charge is 0.492 e. The third-order valence-corrected chi connectivity index (χ3v) is 4.27. The first-order valence-corrected chi connectivity index (χ1v) is 8.61. The maximum absolute atomic E-state index is 12.4. The number of rotatable bonds is 5. The summed E-state index contributed by atoms with van der Waals surface area (Å²) in [6.45, 7) is 4.44. The molecule has 1 aromatic heterocycles. The summed E-state index contributed by atoms with van der Waals surface area (Å²) in [5.41, 5.74) is 3.21. The average Bonchev–Trinajstić information content (AvgIpc) is 3.03. The molecule has 0 spiro atoms. The van der Waals surface area contributed by atoms with Crippen molar-refractivity contribution in [2.75, 3.05) is 11.9 Å². The zero-order valence-electron chi connectivity index (χ0n) is 13.6. The Morgan fingerprint density at radius 1 is 1.17 bits per heavy atom. The van der Waals surface area contributed by atoms with Crippen LogP contribution in [0.1, 0.15) is 22.3 Å². The number of hydrogen-bond acceptors (Lipinski definition) is 4. The second-order valence-corrected chi connectivity index (χ2v) is 6.27. The molecule has 3 aromatic rings.